The molecule has 0 unspecified atom stereocenters. The van der Waals surface area contributed by atoms with Gasteiger partial charge in [-0.2, -0.15) is 0 Å². The highest BCUT2D eigenvalue weighted by molar-refractivity contribution is 5.91. The highest BCUT2D eigenvalue weighted by Crippen LogP contribution is 2.62. The third-order valence-electron chi connectivity index (χ3n) is 6.98. The van der Waals surface area contributed by atoms with Gasteiger partial charge in [0.05, 0.1) is 6.33 Å². The van der Waals surface area contributed by atoms with Crippen LogP contribution in [-0.2, 0) is 9.59 Å². The summed E-state index contributed by atoms with van der Waals surface area (Å²) >= 11 is 0. The Labute approximate surface area is 130 Å². The first kappa shape index (κ1) is 14.3. The molecule has 0 aromatic rings. The van der Waals surface area contributed by atoms with Crippen molar-refractivity contribution < 1.29 is 14.0 Å². The maximum atomic E-state index is 13.7. The summed E-state index contributed by atoms with van der Waals surface area (Å²) in [5.41, 5.74) is 1.74. The predicted octanol–water partition coefficient (Wildman–Crippen LogP) is 4.16. The van der Waals surface area contributed by atoms with Crippen LogP contribution in [0.1, 0.15) is 51.9 Å². The Morgan fingerprint density at radius 2 is 2.00 bits per heavy atom. The third-order valence-corrected chi connectivity index (χ3v) is 6.98. The lowest BCUT2D eigenvalue weighted by molar-refractivity contribution is -0.129. The van der Waals surface area contributed by atoms with Crippen molar-refractivity contribution in [3.63, 3.8) is 0 Å². The molecule has 0 aliphatic heterocycles. The van der Waals surface area contributed by atoms with Crippen LogP contribution >= 0.6 is 0 Å². The molecule has 4 rings (SSSR count). The number of hydrogen-bond donors (Lipinski definition) is 0. The fourth-order valence-electron chi connectivity index (χ4n) is 6.00. The first-order chi connectivity index (χ1) is 10.5. The van der Waals surface area contributed by atoms with Gasteiger partial charge in [-0.15, -0.1) is 0 Å². The Kier molecular flexibility index (Phi) is 3.18. The van der Waals surface area contributed by atoms with Gasteiger partial charge in [-0.3, -0.25) is 9.59 Å². The summed E-state index contributed by atoms with van der Waals surface area (Å²) in [7, 11) is 0. The molecule has 3 saturated carbocycles. The molecule has 22 heavy (non-hydrogen) atoms. The monoisotopic (exact) mass is 302 g/mol. The number of carbonyl (C=O) groups excluding carboxylic acids is 2. The number of Topliss-reactive ketones (excluding diaryl/α,β-unsaturated/α-hetero) is 1. The van der Waals surface area contributed by atoms with Crippen molar-refractivity contribution >= 4 is 11.6 Å². The molecule has 0 radical (unpaired) electrons. The minimum atomic E-state index is -0.342. The molecule has 4 aliphatic carbocycles. The number of rotatable bonds is 0. The Morgan fingerprint density at radius 3 is 2.77 bits per heavy atom. The van der Waals surface area contributed by atoms with E-state index in [9.17, 15) is 14.0 Å². The van der Waals surface area contributed by atoms with Crippen molar-refractivity contribution in [1.29, 1.82) is 0 Å². The minimum Gasteiger partial charge on any atom is -0.299 e. The molecule has 0 aromatic heterocycles. The van der Waals surface area contributed by atoms with E-state index in [-0.39, 0.29) is 17.1 Å². The second kappa shape index (κ2) is 4.87. The SMILES string of the molecule is C[C@]12C/C(=C\F)[C@H]3[C@@H](CCC4=CC(=O)CC[C@@H]43)[C@@H]1CCC2=O. The van der Waals surface area contributed by atoms with Crippen LogP contribution in [0, 0.1) is 29.1 Å². The Bertz CT molecular complexity index is 603. The number of hydrogen-bond acceptors (Lipinski definition) is 2. The second-order valence-electron chi connectivity index (χ2n) is 7.91. The van der Waals surface area contributed by atoms with Crippen molar-refractivity contribution in [2.45, 2.75) is 51.9 Å². The summed E-state index contributed by atoms with van der Waals surface area (Å²) in [4.78, 5) is 24.1. The van der Waals surface area contributed by atoms with Crippen molar-refractivity contribution in [3.05, 3.63) is 23.6 Å². The van der Waals surface area contributed by atoms with Crippen LogP contribution in [0.2, 0.25) is 0 Å². The Balaban J connectivity index is 1.75. The van der Waals surface area contributed by atoms with Gasteiger partial charge in [0.2, 0.25) is 0 Å². The molecule has 0 bridgehead atoms. The summed E-state index contributed by atoms with van der Waals surface area (Å²) in [6.45, 7) is 2.06. The third kappa shape index (κ3) is 1.83. The number of halogens is 1. The van der Waals surface area contributed by atoms with E-state index in [1.54, 1.807) is 0 Å². The molecule has 4 aliphatic rings. The van der Waals surface area contributed by atoms with Crippen molar-refractivity contribution in [2.75, 3.05) is 0 Å². The lowest BCUT2D eigenvalue weighted by Crippen LogP contribution is -2.47. The maximum absolute atomic E-state index is 13.7. The molecule has 0 amide bonds. The summed E-state index contributed by atoms with van der Waals surface area (Å²) in [6.07, 6.45) is 8.25. The quantitative estimate of drug-likeness (QED) is 0.673. The van der Waals surface area contributed by atoms with Crippen molar-refractivity contribution in [1.82, 2.24) is 0 Å². The standard InChI is InChI=1S/C19H23FO2/c1-19-9-12(10-20)18-14-5-3-13(21)8-11(14)2-4-15(18)16(19)6-7-17(19)22/h8,10,14-16,18H,2-7,9H2,1H3/b12-10+/t14-,15-,16-,18+,19-/m0/s1. The number of carbonyl (C=O) groups is 2. The van der Waals surface area contributed by atoms with E-state index < -0.39 is 0 Å². The average Bonchev–Trinajstić information content (AvgIpc) is 2.81. The van der Waals surface area contributed by atoms with Crippen molar-refractivity contribution in [2.24, 2.45) is 29.1 Å². The lowest BCUT2D eigenvalue weighted by atomic mass is 9.51. The van der Waals surface area contributed by atoms with Crippen LogP contribution in [0.4, 0.5) is 4.39 Å². The van der Waals surface area contributed by atoms with Crippen LogP contribution in [-0.4, -0.2) is 11.6 Å². The van der Waals surface area contributed by atoms with E-state index >= 15 is 0 Å². The molecular formula is C19H23FO2. The van der Waals surface area contributed by atoms with Crippen LogP contribution in [0.3, 0.4) is 0 Å². The predicted molar refractivity (Wildman–Crippen MR) is 81.7 cm³/mol. The van der Waals surface area contributed by atoms with Gasteiger partial charge in [-0.25, -0.2) is 4.39 Å². The minimum absolute atomic E-state index is 0.224. The zero-order chi connectivity index (χ0) is 15.5. The van der Waals surface area contributed by atoms with E-state index in [2.05, 4.69) is 6.92 Å². The first-order valence-corrected chi connectivity index (χ1v) is 8.60. The fraction of sp³-hybridized carbons (Fsp3) is 0.684. The molecule has 0 N–H and O–H groups in total. The van der Waals surface area contributed by atoms with Crippen LogP contribution < -0.4 is 0 Å². The van der Waals surface area contributed by atoms with Crippen molar-refractivity contribution in [3.8, 4) is 0 Å². The van der Waals surface area contributed by atoms with Gasteiger partial charge >= 0.3 is 0 Å². The van der Waals surface area contributed by atoms with E-state index in [0.717, 1.165) is 37.6 Å². The fourth-order valence-corrected chi connectivity index (χ4v) is 6.00. The van der Waals surface area contributed by atoms with E-state index in [1.807, 2.05) is 6.08 Å². The van der Waals surface area contributed by atoms with E-state index in [0.29, 0.717) is 42.8 Å². The molecule has 2 nitrogen and oxygen atoms in total. The molecule has 3 heteroatoms. The van der Waals surface area contributed by atoms with Gasteiger partial charge in [0.25, 0.3) is 0 Å². The van der Waals surface area contributed by atoms with Gasteiger partial charge in [-0.05, 0) is 67.4 Å². The van der Waals surface area contributed by atoms with Gasteiger partial charge in [-0.1, -0.05) is 12.5 Å². The first-order valence-electron chi connectivity index (χ1n) is 8.60. The average molecular weight is 302 g/mol. The summed E-state index contributed by atoms with van der Waals surface area (Å²) < 4.78 is 13.7. The molecule has 0 aromatic carbocycles. The molecule has 0 heterocycles. The molecule has 0 saturated heterocycles. The van der Waals surface area contributed by atoms with Gasteiger partial charge in [0, 0.05) is 18.3 Å². The highest BCUT2D eigenvalue weighted by atomic mass is 19.1. The zero-order valence-corrected chi connectivity index (χ0v) is 13.1. The van der Waals surface area contributed by atoms with E-state index in [1.165, 1.54) is 5.57 Å². The number of fused-ring (bicyclic) bond motifs is 5. The second-order valence-corrected chi connectivity index (χ2v) is 7.91. The molecule has 5 atom stereocenters. The topological polar surface area (TPSA) is 34.1 Å². The maximum Gasteiger partial charge on any atom is 0.155 e. The molecular weight excluding hydrogens is 279 g/mol. The largest absolute Gasteiger partial charge is 0.299 e. The Morgan fingerprint density at radius 1 is 1.18 bits per heavy atom. The molecule has 118 valence electrons. The smallest absolute Gasteiger partial charge is 0.155 e. The van der Waals surface area contributed by atoms with Crippen LogP contribution in [0.15, 0.2) is 23.6 Å². The molecule has 0 spiro atoms. The zero-order valence-electron chi connectivity index (χ0n) is 13.1. The summed E-state index contributed by atoms with van der Waals surface area (Å²) in [6, 6.07) is 0. The molecule has 3 fully saturated rings. The number of allylic oxidation sites excluding steroid dienone is 2. The highest BCUT2D eigenvalue weighted by Gasteiger charge is 2.57. The van der Waals surface area contributed by atoms with Crippen LogP contribution in [0.5, 0.6) is 0 Å². The van der Waals surface area contributed by atoms with Gasteiger partial charge in [0.15, 0.2) is 5.78 Å². The van der Waals surface area contributed by atoms with Crippen LogP contribution in [0.25, 0.3) is 0 Å². The normalized spacial score (nSPS) is 46.1. The van der Waals surface area contributed by atoms with E-state index in [4.69, 9.17) is 0 Å². The van der Waals surface area contributed by atoms with Gasteiger partial charge in [0.1, 0.15) is 5.78 Å². The number of ketones is 2. The summed E-state index contributed by atoms with van der Waals surface area (Å²) in [5, 5.41) is 0. The Hall–Kier alpha value is -1.25. The van der Waals surface area contributed by atoms with Gasteiger partial charge < -0.3 is 0 Å². The lowest BCUT2D eigenvalue weighted by Gasteiger charge is -2.52. The summed E-state index contributed by atoms with van der Waals surface area (Å²) in [5.74, 6) is 1.94.